The Bertz CT molecular complexity index is 676. The van der Waals surface area contributed by atoms with Gasteiger partial charge in [-0.1, -0.05) is 18.2 Å². The first-order valence-corrected chi connectivity index (χ1v) is 6.31. The molecule has 1 aromatic carbocycles. The number of nitrogens with one attached hydrogen (secondary N) is 2. The van der Waals surface area contributed by atoms with E-state index in [2.05, 4.69) is 5.32 Å². The highest BCUT2D eigenvalue weighted by Gasteiger charge is 2.14. The first-order valence-electron chi connectivity index (χ1n) is 6.31. The third-order valence-corrected chi connectivity index (χ3v) is 2.75. The van der Waals surface area contributed by atoms with Gasteiger partial charge in [0.05, 0.1) is 10.9 Å². The van der Waals surface area contributed by atoms with Gasteiger partial charge in [0.2, 0.25) is 5.91 Å². The molecule has 0 aliphatic rings. The van der Waals surface area contributed by atoms with Crippen LogP contribution in [0, 0.1) is 5.41 Å². The molecule has 0 spiro atoms. The zero-order valence-electron chi connectivity index (χ0n) is 12.9. The monoisotopic (exact) mass is 293 g/mol. The Balaban J connectivity index is 0.00000200. The van der Waals surface area contributed by atoms with Gasteiger partial charge in [-0.25, -0.2) is 0 Å². The van der Waals surface area contributed by atoms with Gasteiger partial charge in [0.1, 0.15) is 6.54 Å². The van der Waals surface area contributed by atoms with E-state index in [9.17, 15) is 4.79 Å². The van der Waals surface area contributed by atoms with Crippen LogP contribution < -0.4 is 23.1 Å². The van der Waals surface area contributed by atoms with E-state index in [1.54, 1.807) is 12.3 Å². The van der Waals surface area contributed by atoms with Crippen molar-refractivity contribution >= 4 is 16.8 Å². The molecule has 5 heteroatoms. The molecule has 20 heavy (non-hydrogen) atoms. The fourth-order valence-electron chi connectivity index (χ4n) is 2.04. The number of hydrogen-bond acceptors (Lipinski definition) is 2. The Hall–Kier alpha value is -1.81. The lowest BCUT2D eigenvalue weighted by Gasteiger charge is -2.21. The molecule has 0 aliphatic carbocycles. The smallest absolute Gasteiger partial charge is 1.00 e. The summed E-state index contributed by atoms with van der Waals surface area (Å²) in [5.74, 6) is -0.0274. The van der Waals surface area contributed by atoms with Crippen LogP contribution in [0.3, 0.4) is 0 Å². The van der Waals surface area contributed by atoms with Crippen molar-refractivity contribution in [3.63, 3.8) is 0 Å². The standard InChI is InChI=1S/C15H19N3O.ClH/c1-15(2,3)17-14(19)10-18-9-8-12(16)11-6-4-5-7-13(11)18;/h4-9,16H,10H2,1-3H3,(H,17,19);1H. The van der Waals surface area contributed by atoms with Gasteiger partial charge in [0.15, 0.2) is 0 Å². The second-order valence-electron chi connectivity index (χ2n) is 5.67. The molecular weight excluding hydrogens is 274 g/mol. The maximum Gasteiger partial charge on any atom is 1.00 e. The van der Waals surface area contributed by atoms with Gasteiger partial charge in [-0.15, -0.1) is 0 Å². The SMILES string of the molecule is CC(C)(C)NC(=O)Cn1ccc(=N)c2ccccc21.[Cl-].[H+]. The number of para-hydroxylation sites is 1. The molecule has 2 N–H and O–H groups in total. The lowest BCUT2D eigenvalue weighted by atomic mass is 10.1. The van der Waals surface area contributed by atoms with E-state index in [1.807, 2.05) is 49.6 Å². The van der Waals surface area contributed by atoms with E-state index in [4.69, 9.17) is 5.41 Å². The molecule has 0 bridgehead atoms. The van der Waals surface area contributed by atoms with Crippen LogP contribution in [-0.4, -0.2) is 16.0 Å². The molecule has 0 atom stereocenters. The molecule has 1 aromatic heterocycles. The lowest BCUT2D eigenvalue weighted by Crippen LogP contribution is -3.00. The molecule has 0 saturated carbocycles. The summed E-state index contributed by atoms with van der Waals surface area (Å²) >= 11 is 0. The third kappa shape index (κ3) is 3.84. The quantitative estimate of drug-likeness (QED) is 0.745. The number of carbonyl (C=O) groups excluding carboxylic acids is 1. The topological polar surface area (TPSA) is 57.9 Å². The minimum Gasteiger partial charge on any atom is -1.00 e. The average Bonchev–Trinajstić information content (AvgIpc) is 2.31. The number of amides is 1. The summed E-state index contributed by atoms with van der Waals surface area (Å²) in [4.78, 5) is 12.0. The molecule has 0 aliphatic heterocycles. The van der Waals surface area contributed by atoms with Crippen LogP contribution in [-0.2, 0) is 11.3 Å². The normalized spacial score (nSPS) is 10.9. The second kappa shape index (κ2) is 6.09. The molecule has 0 radical (unpaired) electrons. The fraction of sp³-hybridized carbons (Fsp3) is 0.333. The third-order valence-electron chi connectivity index (χ3n) is 2.75. The average molecular weight is 294 g/mol. The minimum atomic E-state index is -0.233. The van der Waals surface area contributed by atoms with Crippen LogP contribution in [0.1, 0.15) is 22.2 Å². The van der Waals surface area contributed by atoms with Crippen LogP contribution in [0.5, 0.6) is 0 Å². The number of rotatable bonds is 2. The molecule has 0 saturated heterocycles. The van der Waals surface area contributed by atoms with E-state index in [0.29, 0.717) is 5.36 Å². The largest absolute Gasteiger partial charge is 1.00 e. The zero-order valence-corrected chi connectivity index (χ0v) is 12.7. The first kappa shape index (κ1) is 16.2. The van der Waals surface area contributed by atoms with Gasteiger partial charge in [-0.2, -0.15) is 0 Å². The van der Waals surface area contributed by atoms with Crippen molar-refractivity contribution < 1.29 is 18.6 Å². The van der Waals surface area contributed by atoms with Gasteiger partial charge in [0, 0.05) is 17.1 Å². The number of pyridine rings is 1. The molecule has 0 fully saturated rings. The Morgan fingerprint density at radius 1 is 1.30 bits per heavy atom. The molecule has 108 valence electrons. The van der Waals surface area contributed by atoms with E-state index >= 15 is 0 Å². The van der Waals surface area contributed by atoms with E-state index in [0.717, 1.165) is 10.9 Å². The number of hydrogen-bond donors (Lipinski definition) is 2. The highest BCUT2D eigenvalue weighted by Crippen LogP contribution is 2.09. The van der Waals surface area contributed by atoms with Crippen LogP contribution in [0.4, 0.5) is 0 Å². The van der Waals surface area contributed by atoms with Crippen molar-refractivity contribution in [1.82, 2.24) is 9.88 Å². The first-order chi connectivity index (χ1) is 8.87. The van der Waals surface area contributed by atoms with Crippen LogP contribution >= 0.6 is 0 Å². The van der Waals surface area contributed by atoms with Gasteiger partial charge in [-0.05, 0) is 32.9 Å². The summed E-state index contributed by atoms with van der Waals surface area (Å²) in [5, 5.41) is 12.1. The fourth-order valence-corrected chi connectivity index (χ4v) is 2.04. The van der Waals surface area contributed by atoms with Crippen molar-refractivity contribution in [2.24, 2.45) is 0 Å². The highest BCUT2D eigenvalue weighted by atomic mass is 35.5. The van der Waals surface area contributed by atoms with Crippen molar-refractivity contribution in [3.05, 3.63) is 41.9 Å². The number of aromatic nitrogens is 1. The minimum absolute atomic E-state index is 0. The maximum atomic E-state index is 12.0. The van der Waals surface area contributed by atoms with Crippen LogP contribution in [0.25, 0.3) is 10.9 Å². The summed E-state index contributed by atoms with van der Waals surface area (Å²) in [7, 11) is 0. The second-order valence-corrected chi connectivity index (χ2v) is 5.67. The number of nitrogens with zero attached hydrogens (tertiary/aromatic N) is 1. The van der Waals surface area contributed by atoms with Gasteiger partial charge in [0.25, 0.3) is 0 Å². The summed E-state index contributed by atoms with van der Waals surface area (Å²) in [6.07, 6.45) is 1.78. The molecular formula is C15H20ClN3O. The lowest BCUT2D eigenvalue weighted by molar-refractivity contribution is -0.123. The maximum absolute atomic E-state index is 12.0. The predicted octanol–water partition coefficient (Wildman–Crippen LogP) is -0.848. The van der Waals surface area contributed by atoms with Gasteiger partial charge < -0.3 is 27.7 Å². The van der Waals surface area contributed by atoms with Gasteiger partial charge in [-0.3, -0.25) is 4.79 Å². The van der Waals surface area contributed by atoms with Crippen molar-refractivity contribution in [2.75, 3.05) is 0 Å². The molecule has 1 heterocycles. The Labute approximate surface area is 126 Å². The Morgan fingerprint density at radius 2 is 1.95 bits per heavy atom. The molecule has 4 nitrogen and oxygen atoms in total. The summed E-state index contributed by atoms with van der Waals surface area (Å²) in [6, 6.07) is 9.36. The zero-order chi connectivity index (χ0) is 14.0. The summed E-state index contributed by atoms with van der Waals surface area (Å²) in [5.41, 5.74) is 0.669. The van der Waals surface area contributed by atoms with Crippen LogP contribution in [0.15, 0.2) is 36.5 Å². The number of carbonyl (C=O) groups is 1. The highest BCUT2D eigenvalue weighted by molar-refractivity contribution is 5.82. The van der Waals surface area contributed by atoms with E-state index < -0.39 is 0 Å². The molecule has 0 unspecified atom stereocenters. The Morgan fingerprint density at radius 3 is 2.60 bits per heavy atom. The number of fused-ring (bicyclic) bond motifs is 1. The molecule has 1 amide bonds. The van der Waals surface area contributed by atoms with Gasteiger partial charge >= 0.3 is 1.43 Å². The van der Waals surface area contributed by atoms with Crippen molar-refractivity contribution in [3.8, 4) is 0 Å². The molecule has 2 rings (SSSR count). The van der Waals surface area contributed by atoms with Crippen molar-refractivity contribution in [2.45, 2.75) is 32.9 Å². The molecule has 2 aromatic rings. The van der Waals surface area contributed by atoms with Crippen LogP contribution in [0.2, 0.25) is 0 Å². The van der Waals surface area contributed by atoms with E-state index in [1.165, 1.54) is 0 Å². The number of benzene rings is 1. The number of halogens is 1. The summed E-state index contributed by atoms with van der Waals surface area (Å²) < 4.78 is 1.87. The van der Waals surface area contributed by atoms with E-state index in [-0.39, 0.29) is 31.8 Å². The Kier molecular flexibility index (Phi) is 4.95. The summed E-state index contributed by atoms with van der Waals surface area (Å²) in [6.45, 7) is 6.14. The predicted molar refractivity (Wildman–Crippen MR) is 76.8 cm³/mol. The van der Waals surface area contributed by atoms with Crippen molar-refractivity contribution in [1.29, 1.82) is 5.41 Å².